The minimum Gasteiger partial charge on any atom is -0.495 e. The van der Waals surface area contributed by atoms with E-state index in [-0.39, 0.29) is 0 Å². The summed E-state index contributed by atoms with van der Waals surface area (Å²) in [6.45, 7) is 0. The van der Waals surface area contributed by atoms with E-state index < -0.39 is 0 Å². The quantitative estimate of drug-likeness (QED) is 0.623. The van der Waals surface area contributed by atoms with Gasteiger partial charge in [-0.05, 0) is 52.9 Å². The van der Waals surface area contributed by atoms with Crippen LogP contribution in [0.2, 0.25) is 5.02 Å². The summed E-state index contributed by atoms with van der Waals surface area (Å²) >= 11 is 8.15. The van der Waals surface area contributed by atoms with E-state index in [0.717, 1.165) is 20.0 Å². The van der Waals surface area contributed by atoms with Gasteiger partial charge in [-0.15, -0.1) is 0 Å². The van der Waals surface area contributed by atoms with Crippen LogP contribution in [0.3, 0.4) is 0 Å². The Morgan fingerprint density at radius 1 is 1.22 bits per heavy atom. The van der Waals surface area contributed by atoms with Crippen molar-refractivity contribution in [1.29, 1.82) is 0 Å². The van der Waals surface area contributed by atoms with Gasteiger partial charge in [0, 0.05) is 20.3 Å². The zero-order valence-electron chi connectivity index (χ0n) is 9.71. The summed E-state index contributed by atoms with van der Waals surface area (Å²) in [4.78, 5) is 0. The molecule has 0 aliphatic heterocycles. The van der Waals surface area contributed by atoms with Gasteiger partial charge in [0.2, 0.25) is 0 Å². The average Bonchev–Trinajstić information content (AvgIpc) is 2.35. The number of hydrogen-bond donors (Lipinski definition) is 2. The standard InChI is InChI=1S/C13H12ClIN2O/c1-18-13-7-9(3-4-11(13)16)17-12-5-2-8(14)6-10(12)15/h2-7,17H,16H2,1H3. The van der Waals surface area contributed by atoms with Crippen molar-refractivity contribution >= 4 is 51.3 Å². The number of methoxy groups -OCH3 is 1. The van der Waals surface area contributed by atoms with Crippen LogP contribution < -0.4 is 15.8 Å². The van der Waals surface area contributed by atoms with E-state index in [2.05, 4.69) is 27.9 Å². The maximum Gasteiger partial charge on any atom is 0.143 e. The molecule has 2 aromatic carbocycles. The third kappa shape index (κ3) is 3.00. The van der Waals surface area contributed by atoms with Crippen molar-refractivity contribution in [3.63, 3.8) is 0 Å². The summed E-state index contributed by atoms with van der Waals surface area (Å²) < 4.78 is 6.24. The number of anilines is 3. The number of nitrogen functional groups attached to an aromatic ring is 1. The van der Waals surface area contributed by atoms with Gasteiger partial charge in [-0.3, -0.25) is 0 Å². The molecule has 0 bridgehead atoms. The van der Waals surface area contributed by atoms with E-state index in [1.165, 1.54) is 0 Å². The van der Waals surface area contributed by atoms with Gasteiger partial charge in [-0.25, -0.2) is 0 Å². The molecule has 3 N–H and O–H groups in total. The van der Waals surface area contributed by atoms with Crippen molar-refractivity contribution < 1.29 is 4.74 Å². The molecule has 18 heavy (non-hydrogen) atoms. The van der Waals surface area contributed by atoms with Gasteiger partial charge in [-0.1, -0.05) is 11.6 Å². The normalized spacial score (nSPS) is 10.2. The monoisotopic (exact) mass is 374 g/mol. The van der Waals surface area contributed by atoms with Crippen LogP contribution in [0.15, 0.2) is 36.4 Å². The molecule has 0 unspecified atom stereocenters. The van der Waals surface area contributed by atoms with E-state index in [9.17, 15) is 0 Å². The predicted molar refractivity (Wildman–Crippen MR) is 84.9 cm³/mol. The molecule has 2 aromatic rings. The molecule has 0 aliphatic rings. The van der Waals surface area contributed by atoms with Gasteiger partial charge >= 0.3 is 0 Å². The van der Waals surface area contributed by atoms with Crippen molar-refractivity contribution in [1.82, 2.24) is 0 Å². The Morgan fingerprint density at radius 2 is 2.00 bits per heavy atom. The smallest absolute Gasteiger partial charge is 0.143 e. The molecule has 0 atom stereocenters. The zero-order valence-corrected chi connectivity index (χ0v) is 12.6. The predicted octanol–water partition coefficient (Wildman–Crippen LogP) is 4.28. The van der Waals surface area contributed by atoms with Crippen molar-refractivity contribution in [3.8, 4) is 5.75 Å². The minimum absolute atomic E-state index is 0.619. The number of nitrogens with one attached hydrogen (secondary N) is 1. The number of nitrogens with two attached hydrogens (primary N) is 1. The molecule has 0 aromatic heterocycles. The molecule has 0 heterocycles. The first-order chi connectivity index (χ1) is 8.60. The molecule has 0 saturated carbocycles. The van der Waals surface area contributed by atoms with Gasteiger partial charge in [-0.2, -0.15) is 0 Å². The van der Waals surface area contributed by atoms with Gasteiger partial charge in [0.05, 0.1) is 18.5 Å². The van der Waals surface area contributed by atoms with Crippen LogP contribution in [0, 0.1) is 3.57 Å². The van der Waals surface area contributed by atoms with Crippen molar-refractivity contribution in [2.75, 3.05) is 18.2 Å². The number of benzene rings is 2. The fraction of sp³-hybridized carbons (Fsp3) is 0.0769. The second kappa shape index (κ2) is 5.67. The highest BCUT2D eigenvalue weighted by Crippen LogP contribution is 2.29. The molecule has 0 amide bonds. The second-order valence-corrected chi connectivity index (χ2v) is 5.30. The van der Waals surface area contributed by atoms with Crippen LogP contribution in [0.5, 0.6) is 5.75 Å². The lowest BCUT2D eigenvalue weighted by atomic mass is 10.2. The largest absolute Gasteiger partial charge is 0.495 e. The maximum absolute atomic E-state index is 5.92. The van der Waals surface area contributed by atoms with Crippen molar-refractivity contribution in [3.05, 3.63) is 45.0 Å². The van der Waals surface area contributed by atoms with Crippen LogP contribution in [-0.2, 0) is 0 Å². The van der Waals surface area contributed by atoms with Gasteiger partial charge in [0.15, 0.2) is 0 Å². The number of hydrogen-bond acceptors (Lipinski definition) is 3. The highest BCUT2D eigenvalue weighted by molar-refractivity contribution is 14.1. The van der Waals surface area contributed by atoms with E-state index in [1.54, 1.807) is 7.11 Å². The Balaban J connectivity index is 2.28. The number of ether oxygens (including phenoxy) is 1. The number of halogens is 2. The van der Waals surface area contributed by atoms with Gasteiger partial charge < -0.3 is 15.8 Å². The Hall–Kier alpha value is -1.14. The van der Waals surface area contributed by atoms with Crippen LogP contribution in [-0.4, -0.2) is 7.11 Å². The molecule has 3 nitrogen and oxygen atoms in total. The fourth-order valence-corrected chi connectivity index (χ4v) is 2.54. The molecule has 5 heteroatoms. The van der Waals surface area contributed by atoms with E-state index in [4.69, 9.17) is 22.1 Å². The van der Waals surface area contributed by atoms with Crippen LogP contribution in [0.4, 0.5) is 17.1 Å². The highest BCUT2D eigenvalue weighted by Gasteiger charge is 2.04. The van der Waals surface area contributed by atoms with Crippen molar-refractivity contribution in [2.24, 2.45) is 0 Å². The summed E-state index contributed by atoms with van der Waals surface area (Å²) in [6, 6.07) is 11.3. The zero-order chi connectivity index (χ0) is 13.1. The van der Waals surface area contributed by atoms with Crippen LogP contribution in [0.25, 0.3) is 0 Å². The fourth-order valence-electron chi connectivity index (χ4n) is 1.54. The van der Waals surface area contributed by atoms with Crippen LogP contribution in [0.1, 0.15) is 0 Å². The van der Waals surface area contributed by atoms with Gasteiger partial charge in [0.25, 0.3) is 0 Å². The Kier molecular flexibility index (Phi) is 4.19. The molecular formula is C13H12ClIN2O. The Morgan fingerprint density at radius 3 is 2.67 bits per heavy atom. The molecule has 2 rings (SSSR count). The van der Waals surface area contributed by atoms with Crippen molar-refractivity contribution in [2.45, 2.75) is 0 Å². The Labute approximate surface area is 124 Å². The highest BCUT2D eigenvalue weighted by atomic mass is 127. The van der Waals surface area contributed by atoms with Crippen LogP contribution >= 0.6 is 34.2 Å². The summed E-state index contributed by atoms with van der Waals surface area (Å²) in [5.74, 6) is 0.656. The molecule has 0 spiro atoms. The van der Waals surface area contributed by atoms with E-state index in [0.29, 0.717) is 11.4 Å². The molecular weight excluding hydrogens is 363 g/mol. The summed E-state index contributed by atoms with van der Waals surface area (Å²) in [7, 11) is 1.60. The molecule has 0 aliphatic carbocycles. The topological polar surface area (TPSA) is 47.3 Å². The molecule has 0 fully saturated rings. The third-order valence-corrected chi connectivity index (χ3v) is 3.57. The average molecular weight is 375 g/mol. The minimum atomic E-state index is 0.619. The lowest BCUT2D eigenvalue weighted by Crippen LogP contribution is -1.96. The molecule has 0 saturated heterocycles. The first kappa shape index (κ1) is 13.3. The van der Waals surface area contributed by atoms with E-state index in [1.807, 2.05) is 36.4 Å². The number of rotatable bonds is 3. The summed E-state index contributed by atoms with van der Waals surface area (Å²) in [5, 5.41) is 4.02. The lowest BCUT2D eigenvalue weighted by molar-refractivity contribution is 0.417. The van der Waals surface area contributed by atoms with Gasteiger partial charge in [0.1, 0.15) is 5.75 Å². The second-order valence-electron chi connectivity index (χ2n) is 3.71. The Bertz CT molecular complexity index is 575. The lowest BCUT2D eigenvalue weighted by Gasteiger charge is -2.11. The summed E-state index contributed by atoms with van der Waals surface area (Å²) in [6.07, 6.45) is 0. The molecule has 0 radical (unpaired) electrons. The first-order valence-corrected chi connectivity index (χ1v) is 6.71. The van der Waals surface area contributed by atoms with E-state index >= 15 is 0 Å². The molecule has 94 valence electrons. The maximum atomic E-state index is 5.92. The first-order valence-electron chi connectivity index (χ1n) is 5.26. The summed E-state index contributed by atoms with van der Waals surface area (Å²) in [5.41, 5.74) is 8.30. The SMILES string of the molecule is COc1cc(Nc2ccc(Cl)cc2I)ccc1N. The third-order valence-electron chi connectivity index (χ3n) is 2.44.